The summed E-state index contributed by atoms with van der Waals surface area (Å²) in [6.07, 6.45) is 2.45. The first kappa shape index (κ1) is 17.3. The number of nitrogen functional groups attached to an aromatic ring is 1. The number of nitrogens with two attached hydrogens (primary N) is 1. The molecule has 0 fully saturated rings. The lowest BCUT2D eigenvalue weighted by Gasteiger charge is -2.23. The number of thioether (sulfide) groups is 1. The fraction of sp³-hybridized carbons (Fsp3) is 0.538. The van der Waals surface area contributed by atoms with Gasteiger partial charge in [0.05, 0.1) is 10.5 Å². The van der Waals surface area contributed by atoms with Crippen molar-refractivity contribution in [3.05, 3.63) is 23.8 Å². The molecule has 1 aromatic carbocycles. The van der Waals surface area contributed by atoms with Crippen LogP contribution in [0.2, 0.25) is 0 Å². The zero-order valence-electron chi connectivity index (χ0n) is 12.0. The third-order valence-electron chi connectivity index (χ3n) is 2.86. The number of sulfonamides is 1. The maximum atomic E-state index is 12.3. The van der Waals surface area contributed by atoms with Crippen LogP contribution in [0.5, 0.6) is 0 Å². The first-order chi connectivity index (χ1) is 9.22. The predicted molar refractivity (Wildman–Crippen MR) is 84.4 cm³/mol. The van der Waals surface area contributed by atoms with Gasteiger partial charge in [0.15, 0.2) is 0 Å². The van der Waals surface area contributed by atoms with E-state index in [2.05, 4.69) is 4.72 Å². The van der Waals surface area contributed by atoms with Gasteiger partial charge in [0, 0.05) is 18.0 Å². The van der Waals surface area contributed by atoms with Crippen molar-refractivity contribution in [3.8, 4) is 0 Å². The summed E-state index contributed by atoms with van der Waals surface area (Å²) in [5, 5.41) is 10.0. The Morgan fingerprint density at radius 2 is 2.10 bits per heavy atom. The Morgan fingerprint density at radius 3 is 2.65 bits per heavy atom. The first-order valence-electron chi connectivity index (χ1n) is 6.31. The van der Waals surface area contributed by atoms with Gasteiger partial charge in [0.25, 0.3) is 0 Å². The SMILES string of the molecule is CCc1ccc(N)cc1S(=O)(=O)NCC(C)(O)CSC. The molecular weight excluding hydrogens is 296 g/mol. The molecule has 0 aliphatic rings. The number of aryl methyl sites for hydroxylation is 1. The topological polar surface area (TPSA) is 92.4 Å². The highest BCUT2D eigenvalue weighted by atomic mass is 32.2. The number of benzene rings is 1. The summed E-state index contributed by atoms with van der Waals surface area (Å²) in [6.45, 7) is 3.45. The summed E-state index contributed by atoms with van der Waals surface area (Å²) in [4.78, 5) is 0.181. The Balaban J connectivity index is 2.97. The van der Waals surface area contributed by atoms with Crippen LogP contribution in [0.3, 0.4) is 0 Å². The molecule has 0 amide bonds. The van der Waals surface area contributed by atoms with Crippen LogP contribution in [-0.4, -0.2) is 37.7 Å². The van der Waals surface area contributed by atoms with Gasteiger partial charge in [0.2, 0.25) is 10.0 Å². The second-order valence-electron chi connectivity index (χ2n) is 4.98. The van der Waals surface area contributed by atoms with Gasteiger partial charge in [-0.3, -0.25) is 0 Å². The van der Waals surface area contributed by atoms with E-state index in [9.17, 15) is 13.5 Å². The summed E-state index contributed by atoms with van der Waals surface area (Å²) >= 11 is 1.46. The standard InChI is InChI=1S/C13H22N2O3S2/c1-4-10-5-6-11(14)7-12(10)20(17,18)15-8-13(2,16)9-19-3/h5-7,15-16H,4,8-9,14H2,1-3H3. The Morgan fingerprint density at radius 1 is 1.45 bits per heavy atom. The molecule has 1 aromatic rings. The molecule has 0 aliphatic carbocycles. The molecule has 0 aromatic heterocycles. The largest absolute Gasteiger partial charge is 0.399 e. The Hall–Kier alpha value is -0.760. The van der Waals surface area contributed by atoms with Gasteiger partial charge in [-0.1, -0.05) is 13.0 Å². The van der Waals surface area contributed by atoms with Crippen molar-refractivity contribution in [1.82, 2.24) is 4.72 Å². The minimum atomic E-state index is -3.68. The summed E-state index contributed by atoms with van der Waals surface area (Å²) in [7, 11) is -3.68. The smallest absolute Gasteiger partial charge is 0.241 e. The van der Waals surface area contributed by atoms with E-state index in [0.717, 1.165) is 0 Å². The van der Waals surface area contributed by atoms with Crippen molar-refractivity contribution in [2.45, 2.75) is 30.8 Å². The van der Waals surface area contributed by atoms with Crippen molar-refractivity contribution >= 4 is 27.5 Å². The maximum Gasteiger partial charge on any atom is 0.241 e. The first-order valence-corrected chi connectivity index (χ1v) is 9.19. The Labute approximate surface area is 125 Å². The highest BCUT2D eigenvalue weighted by Crippen LogP contribution is 2.20. The van der Waals surface area contributed by atoms with E-state index in [1.807, 2.05) is 13.2 Å². The van der Waals surface area contributed by atoms with E-state index in [1.54, 1.807) is 19.1 Å². The van der Waals surface area contributed by atoms with Crippen molar-refractivity contribution < 1.29 is 13.5 Å². The van der Waals surface area contributed by atoms with Crippen LogP contribution in [0.25, 0.3) is 0 Å². The minimum absolute atomic E-state index is 0.0336. The maximum absolute atomic E-state index is 12.3. The number of hydrogen-bond acceptors (Lipinski definition) is 5. The quantitative estimate of drug-likeness (QED) is 0.658. The molecule has 0 bridgehead atoms. The molecule has 0 spiro atoms. The Kier molecular flexibility index (Phi) is 5.88. The van der Waals surface area contributed by atoms with E-state index in [1.165, 1.54) is 17.8 Å². The molecule has 0 saturated heterocycles. The van der Waals surface area contributed by atoms with Crippen LogP contribution in [0.4, 0.5) is 5.69 Å². The molecular formula is C13H22N2O3S2. The number of aliphatic hydroxyl groups is 1. The van der Waals surface area contributed by atoms with Crippen molar-refractivity contribution in [2.24, 2.45) is 0 Å². The average Bonchev–Trinajstić information content (AvgIpc) is 2.37. The lowest BCUT2D eigenvalue weighted by atomic mass is 10.1. The van der Waals surface area contributed by atoms with Crippen molar-refractivity contribution in [3.63, 3.8) is 0 Å². The lowest BCUT2D eigenvalue weighted by Crippen LogP contribution is -2.42. The summed E-state index contributed by atoms with van der Waals surface area (Å²) in [5.74, 6) is 0.451. The van der Waals surface area contributed by atoms with Gasteiger partial charge >= 0.3 is 0 Å². The third-order valence-corrected chi connectivity index (χ3v) is 5.25. The number of rotatable bonds is 7. The zero-order chi connectivity index (χ0) is 15.4. The second-order valence-corrected chi connectivity index (χ2v) is 7.58. The molecule has 0 radical (unpaired) electrons. The summed E-state index contributed by atoms with van der Waals surface area (Å²) < 4.78 is 27.1. The van der Waals surface area contributed by atoms with E-state index >= 15 is 0 Å². The van der Waals surface area contributed by atoms with Crippen LogP contribution in [0, 0.1) is 0 Å². The van der Waals surface area contributed by atoms with E-state index in [4.69, 9.17) is 5.73 Å². The van der Waals surface area contributed by atoms with Gasteiger partial charge in [0.1, 0.15) is 0 Å². The molecule has 1 rings (SSSR count). The van der Waals surface area contributed by atoms with Gasteiger partial charge < -0.3 is 10.8 Å². The fourth-order valence-corrected chi connectivity index (χ4v) is 4.03. The average molecular weight is 318 g/mol. The van der Waals surface area contributed by atoms with Crippen LogP contribution in [-0.2, 0) is 16.4 Å². The van der Waals surface area contributed by atoms with Gasteiger partial charge in [-0.15, -0.1) is 0 Å². The van der Waals surface area contributed by atoms with Crippen LogP contribution < -0.4 is 10.5 Å². The molecule has 4 N–H and O–H groups in total. The van der Waals surface area contributed by atoms with Crippen molar-refractivity contribution in [2.75, 3.05) is 24.3 Å². The Bertz CT molecular complexity index is 557. The number of anilines is 1. The molecule has 1 atom stereocenters. The van der Waals surface area contributed by atoms with Gasteiger partial charge in [-0.25, -0.2) is 13.1 Å². The molecule has 0 heterocycles. The third kappa shape index (κ3) is 4.66. The normalized spacial score (nSPS) is 15.0. The number of hydrogen-bond donors (Lipinski definition) is 3. The highest BCUT2D eigenvalue weighted by molar-refractivity contribution is 7.98. The molecule has 114 valence electrons. The molecule has 7 heteroatoms. The lowest BCUT2D eigenvalue weighted by molar-refractivity contribution is 0.0908. The molecule has 5 nitrogen and oxygen atoms in total. The van der Waals surface area contributed by atoms with Crippen LogP contribution in [0.1, 0.15) is 19.4 Å². The monoisotopic (exact) mass is 318 g/mol. The fourth-order valence-electron chi connectivity index (χ4n) is 1.80. The molecule has 1 unspecified atom stereocenters. The van der Waals surface area contributed by atoms with E-state index < -0.39 is 15.6 Å². The van der Waals surface area contributed by atoms with E-state index in [0.29, 0.717) is 23.4 Å². The van der Waals surface area contributed by atoms with Crippen LogP contribution >= 0.6 is 11.8 Å². The van der Waals surface area contributed by atoms with Crippen molar-refractivity contribution in [1.29, 1.82) is 0 Å². The molecule has 0 saturated carbocycles. The number of nitrogens with one attached hydrogen (secondary N) is 1. The molecule has 20 heavy (non-hydrogen) atoms. The van der Waals surface area contributed by atoms with Gasteiger partial charge in [-0.2, -0.15) is 11.8 Å². The minimum Gasteiger partial charge on any atom is -0.399 e. The zero-order valence-corrected chi connectivity index (χ0v) is 13.6. The molecule has 0 aliphatic heterocycles. The highest BCUT2D eigenvalue weighted by Gasteiger charge is 2.25. The second kappa shape index (κ2) is 6.80. The predicted octanol–water partition coefficient (Wildman–Crippen LogP) is 1.22. The summed E-state index contributed by atoms with van der Waals surface area (Å²) in [5.41, 5.74) is 5.69. The van der Waals surface area contributed by atoms with Crippen LogP contribution in [0.15, 0.2) is 23.1 Å². The summed E-state index contributed by atoms with van der Waals surface area (Å²) in [6, 6.07) is 4.84. The van der Waals surface area contributed by atoms with Gasteiger partial charge in [-0.05, 0) is 37.3 Å². The van der Waals surface area contributed by atoms with E-state index in [-0.39, 0.29) is 11.4 Å².